The summed E-state index contributed by atoms with van der Waals surface area (Å²) in [5.74, 6) is -47.9. The number of rotatable bonds is 7. The van der Waals surface area contributed by atoms with Crippen LogP contribution in [0.25, 0.3) is 0 Å². The molecular weight excluding hydrogens is 554 g/mol. The van der Waals surface area contributed by atoms with E-state index in [1.165, 1.54) is 0 Å². The van der Waals surface area contributed by atoms with E-state index in [0.717, 1.165) is 0 Å². The third-order valence-corrected chi connectivity index (χ3v) is 4.26. The summed E-state index contributed by atoms with van der Waals surface area (Å²) in [5.41, 5.74) is -9.14. The number of halogens is 18. The van der Waals surface area contributed by atoms with Gasteiger partial charge in [0, 0.05) is 5.56 Å². The standard InChI is InChI=1S/C15H4F18O2/c16-8(17,10(20,21)12(24,25)14(28,29)30)5-1-4(3-34)7(35)6(2-5)9(18,19)11(22,23)13(26,27)15(31,32)33/h1-3,35H. The van der Waals surface area contributed by atoms with Crippen molar-refractivity contribution in [2.75, 3.05) is 0 Å². The molecule has 0 amide bonds. The average Bonchev–Trinajstić information content (AvgIpc) is 2.65. The van der Waals surface area contributed by atoms with Crippen LogP contribution in [0.3, 0.4) is 0 Å². The molecule has 1 rings (SSSR count). The minimum Gasteiger partial charge on any atom is -0.507 e. The van der Waals surface area contributed by atoms with Crippen LogP contribution < -0.4 is 0 Å². The van der Waals surface area contributed by atoms with Crippen molar-refractivity contribution >= 4 is 6.29 Å². The molecule has 2 nitrogen and oxygen atoms in total. The largest absolute Gasteiger partial charge is 0.507 e. The molecule has 35 heavy (non-hydrogen) atoms. The van der Waals surface area contributed by atoms with Gasteiger partial charge in [-0.1, -0.05) is 0 Å². The molecule has 0 aromatic heterocycles. The van der Waals surface area contributed by atoms with Crippen LogP contribution in [0.15, 0.2) is 12.1 Å². The number of alkyl halides is 18. The quantitative estimate of drug-likeness (QED) is 0.288. The van der Waals surface area contributed by atoms with Gasteiger partial charge in [0.2, 0.25) is 0 Å². The van der Waals surface area contributed by atoms with Crippen LogP contribution in [0.1, 0.15) is 21.5 Å². The predicted molar refractivity (Wildman–Crippen MR) is 73.2 cm³/mol. The van der Waals surface area contributed by atoms with Crippen molar-refractivity contribution < 1.29 is 88.9 Å². The lowest BCUT2D eigenvalue weighted by Gasteiger charge is -2.36. The third kappa shape index (κ3) is 4.11. The van der Waals surface area contributed by atoms with Crippen LogP contribution in [0.5, 0.6) is 5.75 Å². The SMILES string of the molecule is O=Cc1cc(C(F)(F)C(F)(F)C(F)(F)C(F)(F)F)cc(C(F)(F)C(F)(F)C(F)(F)C(F)(F)F)c1O. The Kier molecular flexibility index (Phi) is 6.94. The molecule has 0 unspecified atom stereocenters. The first-order valence-electron chi connectivity index (χ1n) is 7.80. The summed E-state index contributed by atoms with van der Waals surface area (Å²) >= 11 is 0. The number of benzene rings is 1. The van der Waals surface area contributed by atoms with Gasteiger partial charge in [-0.25, -0.2) is 0 Å². The Labute approximate surface area is 179 Å². The van der Waals surface area contributed by atoms with E-state index >= 15 is 0 Å². The van der Waals surface area contributed by atoms with Gasteiger partial charge < -0.3 is 5.11 Å². The molecule has 0 aliphatic heterocycles. The number of carbonyl (C=O) groups is 1. The lowest BCUT2D eigenvalue weighted by Crippen LogP contribution is -2.60. The molecule has 0 heterocycles. The van der Waals surface area contributed by atoms with Gasteiger partial charge in [0.05, 0.1) is 11.1 Å². The van der Waals surface area contributed by atoms with Crippen molar-refractivity contribution in [2.24, 2.45) is 0 Å². The molecule has 0 atom stereocenters. The monoisotopic (exact) mass is 558 g/mol. The molecule has 0 aliphatic carbocycles. The molecule has 0 aliphatic rings. The van der Waals surface area contributed by atoms with E-state index in [1.54, 1.807) is 0 Å². The Balaban J connectivity index is 4.02. The molecule has 0 bridgehead atoms. The second-order valence-electron chi connectivity index (χ2n) is 6.52. The third-order valence-electron chi connectivity index (χ3n) is 4.26. The van der Waals surface area contributed by atoms with Gasteiger partial charge in [0.15, 0.2) is 6.29 Å². The average molecular weight is 558 g/mol. The number of aldehydes is 1. The summed E-state index contributed by atoms with van der Waals surface area (Å²) in [5, 5.41) is 9.31. The van der Waals surface area contributed by atoms with Gasteiger partial charge in [-0.05, 0) is 12.1 Å². The molecule has 0 saturated carbocycles. The first-order valence-corrected chi connectivity index (χ1v) is 7.80. The van der Waals surface area contributed by atoms with Crippen molar-refractivity contribution in [3.8, 4) is 5.75 Å². The summed E-state index contributed by atoms with van der Waals surface area (Å²) in [6.45, 7) is 0. The fourth-order valence-electron chi connectivity index (χ4n) is 2.27. The zero-order valence-corrected chi connectivity index (χ0v) is 15.4. The molecule has 20 heteroatoms. The summed E-state index contributed by atoms with van der Waals surface area (Å²) in [6.07, 6.45) is -16.1. The smallest absolute Gasteiger partial charge is 0.460 e. The Morgan fingerprint density at radius 3 is 1.20 bits per heavy atom. The minimum absolute atomic E-state index is 0.998. The van der Waals surface area contributed by atoms with E-state index in [0.29, 0.717) is 0 Å². The van der Waals surface area contributed by atoms with E-state index in [1.807, 2.05) is 0 Å². The molecule has 0 fully saturated rings. The minimum atomic E-state index is -7.75. The molecule has 0 spiro atoms. The first kappa shape index (κ1) is 30.5. The van der Waals surface area contributed by atoms with Gasteiger partial charge in [-0.15, -0.1) is 0 Å². The van der Waals surface area contributed by atoms with Crippen molar-refractivity contribution in [1.82, 2.24) is 0 Å². The lowest BCUT2D eigenvalue weighted by atomic mass is 9.89. The van der Waals surface area contributed by atoms with Crippen LogP contribution >= 0.6 is 0 Å². The maximum atomic E-state index is 14.1. The fourth-order valence-corrected chi connectivity index (χ4v) is 2.27. The number of carbonyl (C=O) groups excluding carboxylic acids is 1. The topological polar surface area (TPSA) is 37.3 Å². The Morgan fingerprint density at radius 2 is 0.886 bits per heavy atom. The number of hydrogen-bond acceptors (Lipinski definition) is 2. The highest BCUT2D eigenvalue weighted by Crippen LogP contribution is 2.60. The van der Waals surface area contributed by atoms with Crippen LogP contribution in [0.4, 0.5) is 79.0 Å². The Morgan fingerprint density at radius 1 is 0.543 bits per heavy atom. The molecular formula is C15H4F18O2. The highest BCUT2D eigenvalue weighted by Gasteiger charge is 2.84. The fraction of sp³-hybridized carbons (Fsp3) is 0.533. The van der Waals surface area contributed by atoms with E-state index in [-0.39, 0.29) is 0 Å². The molecule has 1 N–H and O–H groups in total. The van der Waals surface area contributed by atoms with Crippen LogP contribution in [0, 0.1) is 0 Å². The van der Waals surface area contributed by atoms with Crippen molar-refractivity contribution in [3.05, 3.63) is 28.8 Å². The summed E-state index contributed by atoms with van der Waals surface area (Å²) in [4.78, 5) is 10.7. The summed E-state index contributed by atoms with van der Waals surface area (Å²) in [7, 11) is 0. The van der Waals surface area contributed by atoms with Crippen LogP contribution in [-0.4, -0.2) is 47.4 Å². The molecule has 0 radical (unpaired) electrons. The number of hydrogen-bond donors (Lipinski definition) is 1. The number of phenols is 1. The molecule has 1 aromatic rings. The second-order valence-corrected chi connectivity index (χ2v) is 6.52. The highest BCUT2D eigenvalue weighted by atomic mass is 19.4. The zero-order chi connectivity index (χ0) is 28.4. The molecule has 0 saturated heterocycles. The normalized spacial score (nSPS) is 15.4. The number of phenolic OH excluding ortho intramolecular Hbond substituents is 1. The highest BCUT2D eigenvalue weighted by molar-refractivity contribution is 5.81. The van der Waals surface area contributed by atoms with Crippen molar-refractivity contribution in [2.45, 2.75) is 47.9 Å². The lowest BCUT2D eigenvalue weighted by molar-refractivity contribution is -0.400. The van der Waals surface area contributed by atoms with Gasteiger partial charge in [0.25, 0.3) is 0 Å². The van der Waals surface area contributed by atoms with Crippen LogP contribution in [-0.2, 0) is 11.8 Å². The van der Waals surface area contributed by atoms with Crippen molar-refractivity contribution in [3.63, 3.8) is 0 Å². The zero-order valence-electron chi connectivity index (χ0n) is 15.4. The van der Waals surface area contributed by atoms with E-state index < -0.39 is 88.7 Å². The van der Waals surface area contributed by atoms with E-state index in [9.17, 15) is 88.9 Å². The Hall–Kier alpha value is -2.57. The molecule has 202 valence electrons. The van der Waals surface area contributed by atoms with Gasteiger partial charge in [-0.3, -0.25) is 4.79 Å². The maximum absolute atomic E-state index is 14.1. The maximum Gasteiger partial charge on any atom is 0.460 e. The summed E-state index contributed by atoms with van der Waals surface area (Å²) < 4.78 is 235. The Bertz CT molecular complexity index is 971. The molecule has 1 aromatic carbocycles. The van der Waals surface area contributed by atoms with E-state index in [2.05, 4.69) is 0 Å². The first-order chi connectivity index (χ1) is 15.1. The van der Waals surface area contributed by atoms with Gasteiger partial charge in [-0.2, -0.15) is 79.0 Å². The van der Waals surface area contributed by atoms with Crippen molar-refractivity contribution in [1.29, 1.82) is 0 Å². The van der Waals surface area contributed by atoms with E-state index in [4.69, 9.17) is 0 Å². The van der Waals surface area contributed by atoms with Gasteiger partial charge >= 0.3 is 47.9 Å². The van der Waals surface area contributed by atoms with Crippen LogP contribution in [0.2, 0.25) is 0 Å². The predicted octanol–water partition coefficient (Wildman–Crippen LogP) is 7.05. The summed E-state index contributed by atoms with van der Waals surface area (Å²) in [6, 6.07) is -2.66. The second kappa shape index (κ2) is 7.97. The van der Waals surface area contributed by atoms with Gasteiger partial charge in [0.1, 0.15) is 5.75 Å². The number of aromatic hydroxyl groups is 1.